The van der Waals surface area contributed by atoms with Gasteiger partial charge in [0.05, 0.1) is 31.0 Å². The molecule has 20 unspecified atom stereocenters. The van der Waals surface area contributed by atoms with Gasteiger partial charge >= 0.3 is 0 Å². The van der Waals surface area contributed by atoms with Gasteiger partial charge in [-0.3, -0.25) is 0 Å². The molecule has 0 aromatic heterocycles. The zero-order valence-electron chi connectivity index (χ0n) is 31.5. The van der Waals surface area contributed by atoms with E-state index >= 15 is 0 Å². The summed E-state index contributed by atoms with van der Waals surface area (Å²) in [5.41, 5.74) is 0.628. The lowest BCUT2D eigenvalue weighted by Gasteiger charge is -2.61. The van der Waals surface area contributed by atoms with Gasteiger partial charge in [-0.15, -0.1) is 0 Å². The van der Waals surface area contributed by atoms with Crippen LogP contribution >= 0.6 is 0 Å². The molecule has 3 heterocycles. The normalized spacial score (nSPS) is 59.0. The van der Waals surface area contributed by atoms with Crippen LogP contribution < -0.4 is 0 Å². The van der Waals surface area contributed by atoms with Crippen LogP contribution in [0.25, 0.3) is 0 Å². The van der Waals surface area contributed by atoms with Crippen molar-refractivity contribution in [2.24, 2.45) is 52.3 Å². The van der Waals surface area contributed by atoms with Crippen LogP contribution in [0.4, 0.5) is 0 Å². The fourth-order valence-electron chi connectivity index (χ4n) is 13.8. The van der Waals surface area contributed by atoms with Crippen LogP contribution in [0.5, 0.6) is 0 Å². The molecule has 0 aromatic rings. The second kappa shape index (κ2) is 14.2. The minimum atomic E-state index is -1.70. The van der Waals surface area contributed by atoms with Crippen LogP contribution in [0.3, 0.4) is 0 Å². The van der Waals surface area contributed by atoms with Crippen molar-refractivity contribution in [3.8, 4) is 0 Å². The summed E-state index contributed by atoms with van der Waals surface area (Å²) in [6, 6.07) is 0. The summed E-state index contributed by atoms with van der Waals surface area (Å²) in [6.45, 7) is 8.88. The first kappa shape index (κ1) is 38.4. The van der Waals surface area contributed by atoms with Crippen molar-refractivity contribution in [2.75, 3.05) is 13.2 Å². The van der Waals surface area contributed by atoms with Crippen molar-refractivity contribution >= 4 is 0 Å². The Hall–Kier alpha value is -0.480. The standard InChI is InChI=1S/C40H66O12/c1-19-7-13-40(14-8-19)20(2)29-26(52-40)16-25-23-6-5-21-15-22(9-11-38(21,3)24(23)10-12-39(25,29)4)48-37-35(33(46)31(44)28(18-42)50-37)51-36-34(47)32(45)30(43)27(17-41)49-36/h19-37,41-47H,5-18H2,1-4H3. The molecule has 52 heavy (non-hydrogen) atoms. The molecule has 20 atom stereocenters. The predicted molar refractivity (Wildman–Crippen MR) is 186 cm³/mol. The highest BCUT2D eigenvalue weighted by molar-refractivity contribution is 5.16. The Bertz CT molecular complexity index is 1260. The number of hydrogen-bond acceptors (Lipinski definition) is 12. The maximum Gasteiger partial charge on any atom is 0.187 e. The minimum Gasteiger partial charge on any atom is -0.394 e. The Balaban J connectivity index is 0.942. The van der Waals surface area contributed by atoms with E-state index in [1.54, 1.807) is 0 Å². The monoisotopic (exact) mass is 738 g/mol. The molecule has 3 aliphatic heterocycles. The molecule has 12 nitrogen and oxygen atoms in total. The van der Waals surface area contributed by atoms with Crippen LogP contribution in [0.2, 0.25) is 0 Å². The zero-order chi connectivity index (χ0) is 36.9. The number of ether oxygens (including phenoxy) is 5. The van der Waals surface area contributed by atoms with E-state index in [1.165, 1.54) is 51.4 Å². The summed E-state index contributed by atoms with van der Waals surface area (Å²) < 4.78 is 31.3. The van der Waals surface area contributed by atoms with Crippen molar-refractivity contribution in [2.45, 2.75) is 184 Å². The van der Waals surface area contributed by atoms with Gasteiger partial charge in [0.2, 0.25) is 0 Å². The molecule has 7 N–H and O–H groups in total. The second-order valence-electron chi connectivity index (χ2n) is 19.2. The van der Waals surface area contributed by atoms with Gasteiger partial charge in [-0.05, 0) is 129 Å². The smallest absolute Gasteiger partial charge is 0.187 e. The predicted octanol–water partition coefficient (Wildman–Crippen LogP) is 2.25. The molecular weight excluding hydrogens is 672 g/mol. The highest BCUT2D eigenvalue weighted by Crippen LogP contribution is 2.71. The number of rotatable bonds is 6. The molecule has 3 saturated heterocycles. The summed E-state index contributed by atoms with van der Waals surface area (Å²) in [6.07, 6.45) is -0.514. The fraction of sp³-hybridized carbons (Fsp3) is 1.00. The van der Waals surface area contributed by atoms with Crippen molar-refractivity contribution in [1.82, 2.24) is 0 Å². The first-order valence-corrected chi connectivity index (χ1v) is 20.7. The molecule has 5 aliphatic carbocycles. The maximum absolute atomic E-state index is 11.2. The van der Waals surface area contributed by atoms with Crippen LogP contribution in [0.15, 0.2) is 0 Å². The number of aliphatic hydroxyl groups is 7. The van der Waals surface area contributed by atoms with E-state index in [1.807, 2.05) is 0 Å². The fourth-order valence-corrected chi connectivity index (χ4v) is 13.8. The van der Waals surface area contributed by atoms with E-state index in [0.717, 1.165) is 31.6 Å². The molecule has 8 fully saturated rings. The number of fused-ring (bicyclic) bond motifs is 7. The molecule has 5 saturated carbocycles. The third-order valence-electron chi connectivity index (χ3n) is 16.9. The molecule has 298 valence electrons. The van der Waals surface area contributed by atoms with Crippen LogP contribution in [0.1, 0.15) is 105 Å². The molecule has 0 aromatic carbocycles. The molecular formula is C40H66O12. The number of hydrogen-bond donors (Lipinski definition) is 7. The van der Waals surface area contributed by atoms with Gasteiger partial charge < -0.3 is 59.4 Å². The van der Waals surface area contributed by atoms with E-state index in [0.29, 0.717) is 47.0 Å². The molecule has 8 aliphatic rings. The third-order valence-corrected chi connectivity index (χ3v) is 16.9. The van der Waals surface area contributed by atoms with E-state index < -0.39 is 74.6 Å². The van der Waals surface area contributed by atoms with Crippen LogP contribution in [0, 0.1) is 52.3 Å². The molecule has 0 bridgehead atoms. The van der Waals surface area contributed by atoms with Gasteiger partial charge in [0, 0.05) is 0 Å². The lowest BCUT2D eigenvalue weighted by molar-refractivity contribution is -0.373. The highest BCUT2D eigenvalue weighted by Gasteiger charge is 2.68. The second-order valence-corrected chi connectivity index (χ2v) is 19.2. The Morgan fingerprint density at radius 3 is 1.98 bits per heavy atom. The van der Waals surface area contributed by atoms with E-state index in [9.17, 15) is 35.7 Å². The Kier molecular flexibility index (Phi) is 10.5. The number of aliphatic hydroxyl groups excluding tert-OH is 7. The summed E-state index contributed by atoms with van der Waals surface area (Å²) in [5, 5.41) is 72.7. The Labute approximate surface area is 308 Å². The van der Waals surface area contributed by atoms with Gasteiger partial charge in [0.1, 0.15) is 48.8 Å². The summed E-state index contributed by atoms with van der Waals surface area (Å²) >= 11 is 0. The van der Waals surface area contributed by atoms with Gasteiger partial charge in [-0.2, -0.15) is 0 Å². The molecule has 8 rings (SSSR count). The molecule has 1 spiro atoms. The van der Waals surface area contributed by atoms with Crippen LogP contribution in [-0.2, 0) is 23.7 Å². The minimum absolute atomic E-state index is 0.0982. The third kappa shape index (κ3) is 5.99. The summed E-state index contributed by atoms with van der Waals surface area (Å²) in [5.74, 6) is 4.63. The quantitative estimate of drug-likeness (QED) is 0.198. The van der Waals surface area contributed by atoms with Crippen molar-refractivity contribution in [3.05, 3.63) is 0 Å². The van der Waals surface area contributed by atoms with Gasteiger partial charge in [0.25, 0.3) is 0 Å². The van der Waals surface area contributed by atoms with Gasteiger partial charge in [-0.1, -0.05) is 27.7 Å². The van der Waals surface area contributed by atoms with Gasteiger partial charge in [-0.25, -0.2) is 0 Å². The Morgan fingerprint density at radius 2 is 1.29 bits per heavy atom. The van der Waals surface area contributed by atoms with Crippen LogP contribution in [-0.4, -0.2) is 128 Å². The highest BCUT2D eigenvalue weighted by atomic mass is 16.8. The SMILES string of the molecule is CC1CCC2(CC1)OC1CC3C4CCC5CC(OC6OC(CO)C(O)C(O)C6OC6OC(CO)C(O)C(O)C6O)CCC5(C)C4CCC3(C)C1C2C. The van der Waals surface area contributed by atoms with E-state index in [2.05, 4.69) is 27.7 Å². The largest absolute Gasteiger partial charge is 0.394 e. The van der Waals surface area contributed by atoms with Crippen molar-refractivity contribution < 1.29 is 59.4 Å². The molecule has 0 radical (unpaired) electrons. The lowest BCUT2D eigenvalue weighted by Crippen LogP contribution is -2.65. The van der Waals surface area contributed by atoms with Crippen molar-refractivity contribution in [1.29, 1.82) is 0 Å². The molecule has 12 heteroatoms. The lowest BCUT2D eigenvalue weighted by atomic mass is 9.44. The summed E-state index contributed by atoms with van der Waals surface area (Å²) in [4.78, 5) is 0. The Morgan fingerprint density at radius 1 is 0.635 bits per heavy atom. The zero-order valence-corrected chi connectivity index (χ0v) is 31.5. The van der Waals surface area contributed by atoms with Gasteiger partial charge in [0.15, 0.2) is 12.6 Å². The summed E-state index contributed by atoms with van der Waals surface area (Å²) in [7, 11) is 0. The topological polar surface area (TPSA) is 188 Å². The van der Waals surface area contributed by atoms with E-state index in [-0.39, 0.29) is 17.1 Å². The average molecular weight is 739 g/mol. The molecule has 0 amide bonds. The first-order valence-electron chi connectivity index (χ1n) is 20.7. The average Bonchev–Trinajstić information content (AvgIpc) is 3.58. The maximum atomic E-state index is 11.2. The first-order chi connectivity index (χ1) is 24.7. The van der Waals surface area contributed by atoms with E-state index in [4.69, 9.17) is 23.7 Å². The van der Waals surface area contributed by atoms with Crippen molar-refractivity contribution in [3.63, 3.8) is 0 Å².